The third kappa shape index (κ3) is 10.0. The Labute approximate surface area is 517 Å². The van der Waals surface area contributed by atoms with Crippen LogP contribution in [0.15, 0.2) is 352 Å². The highest BCUT2D eigenvalue weighted by molar-refractivity contribution is 6.13. The summed E-state index contributed by atoms with van der Waals surface area (Å²) in [5.41, 5.74) is 22.5. The van der Waals surface area contributed by atoms with Crippen LogP contribution in [0.3, 0.4) is 0 Å². The van der Waals surface area contributed by atoms with Crippen molar-refractivity contribution >= 4 is 77.7 Å². The number of para-hydroxylation sites is 2. The monoisotopic (exact) mass is 1140 g/mol. The van der Waals surface area contributed by atoms with E-state index in [0.717, 1.165) is 79.1 Å². The van der Waals surface area contributed by atoms with Crippen LogP contribution in [-0.4, -0.2) is 9.13 Å². The van der Waals surface area contributed by atoms with Crippen LogP contribution in [0.25, 0.3) is 99.5 Å². The number of nitrogens with zero attached hydrogens (tertiary/aromatic N) is 4. The van der Waals surface area contributed by atoms with E-state index in [9.17, 15) is 0 Å². The number of fused-ring (bicyclic) bond motifs is 6. The number of aromatic nitrogens is 2. The van der Waals surface area contributed by atoms with Crippen molar-refractivity contribution in [3.8, 4) is 67.4 Å². The first-order valence-corrected chi connectivity index (χ1v) is 30.3. The molecule has 0 aliphatic carbocycles. The zero-order valence-corrected chi connectivity index (χ0v) is 48.7. The van der Waals surface area contributed by atoms with Crippen LogP contribution >= 0.6 is 0 Å². The van der Waals surface area contributed by atoms with Crippen LogP contribution in [0.2, 0.25) is 0 Å². The summed E-state index contributed by atoms with van der Waals surface area (Å²) in [5, 5.41) is 4.84. The molecule has 0 bridgehead atoms. The normalized spacial score (nSPS) is 11.4. The molecule has 0 amide bonds. The van der Waals surface area contributed by atoms with Crippen molar-refractivity contribution in [3.05, 3.63) is 352 Å². The number of hydrogen-bond acceptors (Lipinski definition) is 3. The first-order chi connectivity index (χ1) is 44.1. The summed E-state index contributed by atoms with van der Waals surface area (Å²) in [5.74, 6) is 1.48. The molecule has 0 saturated carbocycles. The fraction of sp³-hybridized carbons (Fsp3) is 0. The average Bonchev–Trinajstić information content (AvgIpc) is 1.68. The van der Waals surface area contributed by atoms with E-state index in [2.05, 4.69) is 371 Å². The summed E-state index contributed by atoms with van der Waals surface area (Å²) < 4.78 is 11.5. The zero-order chi connectivity index (χ0) is 59.0. The SMILES string of the molecule is c1ccc(-c2ccc3c(c2)c2cc(-c4ccccc4)ccc2n3-c2cccc(N(c3ccccc3)c3ccc(Oc4ccc(N(c5ccccc5)c5cccc(-n6c7ccc(-c8ccccc8)cc7c7cc(-c8ccccc8)ccc76)c5)cc4)cc3)c2)cc1. The highest BCUT2D eigenvalue weighted by Gasteiger charge is 2.21. The molecule has 16 rings (SSSR count). The minimum absolute atomic E-state index is 0.740. The number of hydrogen-bond donors (Lipinski definition) is 0. The van der Waals surface area contributed by atoms with E-state index in [4.69, 9.17) is 4.74 Å². The summed E-state index contributed by atoms with van der Waals surface area (Å²) in [6, 6.07) is 126. The van der Waals surface area contributed by atoms with E-state index in [1.807, 2.05) is 0 Å². The summed E-state index contributed by atoms with van der Waals surface area (Å²) in [6.07, 6.45) is 0. The van der Waals surface area contributed by atoms with Crippen molar-refractivity contribution in [2.75, 3.05) is 9.80 Å². The van der Waals surface area contributed by atoms with Gasteiger partial charge in [0, 0.05) is 67.0 Å². The summed E-state index contributed by atoms with van der Waals surface area (Å²) >= 11 is 0. The molecule has 0 aliphatic rings. The largest absolute Gasteiger partial charge is 0.457 e. The zero-order valence-electron chi connectivity index (χ0n) is 48.7. The van der Waals surface area contributed by atoms with Gasteiger partial charge >= 0.3 is 0 Å². The second kappa shape index (κ2) is 22.8. The maximum atomic E-state index is 6.67. The van der Waals surface area contributed by atoms with E-state index in [1.54, 1.807) is 0 Å². The second-order valence-corrected chi connectivity index (χ2v) is 22.5. The molecule has 0 saturated heterocycles. The lowest BCUT2D eigenvalue weighted by molar-refractivity contribution is 0.483. The van der Waals surface area contributed by atoms with Crippen molar-refractivity contribution in [3.63, 3.8) is 0 Å². The lowest BCUT2D eigenvalue weighted by Crippen LogP contribution is -2.10. The van der Waals surface area contributed by atoms with Gasteiger partial charge in [-0.1, -0.05) is 194 Å². The molecule has 16 aromatic rings. The predicted octanol–water partition coefficient (Wildman–Crippen LogP) is 23.3. The molecule has 0 atom stereocenters. The van der Waals surface area contributed by atoms with Crippen LogP contribution < -0.4 is 14.5 Å². The van der Waals surface area contributed by atoms with Crippen LogP contribution in [0.5, 0.6) is 11.5 Å². The minimum Gasteiger partial charge on any atom is -0.457 e. The van der Waals surface area contributed by atoms with E-state index >= 15 is 0 Å². The Morgan fingerprint density at radius 2 is 0.449 bits per heavy atom. The molecule has 0 aliphatic heterocycles. The summed E-state index contributed by atoms with van der Waals surface area (Å²) in [4.78, 5) is 4.63. The predicted molar refractivity (Wildman–Crippen MR) is 373 cm³/mol. The van der Waals surface area contributed by atoms with Crippen molar-refractivity contribution < 1.29 is 4.74 Å². The minimum atomic E-state index is 0.740. The molecule has 0 radical (unpaired) electrons. The third-order valence-corrected chi connectivity index (χ3v) is 17.1. The Bertz CT molecular complexity index is 4660. The maximum Gasteiger partial charge on any atom is 0.127 e. The summed E-state index contributed by atoms with van der Waals surface area (Å²) in [6.45, 7) is 0. The summed E-state index contributed by atoms with van der Waals surface area (Å²) in [7, 11) is 0. The van der Waals surface area contributed by atoms with Gasteiger partial charge in [0.15, 0.2) is 0 Å². The van der Waals surface area contributed by atoms with Gasteiger partial charge in [0.05, 0.1) is 22.1 Å². The van der Waals surface area contributed by atoms with Gasteiger partial charge < -0.3 is 23.7 Å². The van der Waals surface area contributed by atoms with Crippen LogP contribution in [0, 0.1) is 0 Å². The molecular formula is C84H58N4O. The van der Waals surface area contributed by atoms with Crippen molar-refractivity contribution in [2.45, 2.75) is 0 Å². The van der Waals surface area contributed by atoms with Crippen LogP contribution in [-0.2, 0) is 0 Å². The van der Waals surface area contributed by atoms with E-state index in [0.29, 0.717) is 0 Å². The van der Waals surface area contributed by atoms with Gasteiger partial charge in [-0.15, -0.1) is 0 Å². The van der Waals surface area contributed by atoms with E-state index in [1.165, 1.54) is 66.1 Å². The Morgan fingerprint density at radius 3 is 0.742 bits per heavy atom. The Balaban J connectivity index is 0.713. The Morgan fingerprint density at radius 1 is 0.191 bits per heavy atom. The number of benzene rings is 14. The van der Waals surface area contributed by atoms with Crippen molar-refractivity contribution in [1.29, 1.82) is 0 Å². The Hall–Kier alpha value is -11.9. The molecule has 0 spiro atoms. The number of rotatable bonds is 14. The lowest BCUT2D eigenvalue weighted by Gasteiger charge is -2.26. The highest BCUT2D eigenvalue weighted by Crippen LogP contribution is 2.44. The molecule has 2 aromatic heterocycles. The van der Waals surface area contributed by atoms with E-state index in [-0.39, 0.29) is 0 Å². The van der Waals surface area contributed by atoms with Gasteiger partial charge in [-0.3, -0.25) is 0 Å². The van der Waals surface area contributed by atoms with Gasteiger partial charge in [-0.05, 0) is 202 Å². The van der Waals surface area contributed by atoms with Crippen LogP contribution in [0.1, 0.15) is 0 Å². The fourth-order valence-corrected chi connectivity index (χ4v) is 12.9. The van der Waals surface area contributed by atoms with Gasteiger partial charge in [-0.2, -0.15) is 0 Å². The first-order valence-electron chi connectivity index (χ1n) is 30.3. The third-order valence-electron chi connectivity index (χ3n) is 17.1. The van der Waals surface area contributed by atoms with E-state index < -0.39 is 0 Å². The topological polar surface area (TPSA) is 25.6 Å². The molecule has 0 N–H and O–H groups in total. The Kier molecular flexibility index (Phi) is 13.5. The molecule has 2 heterocycles. The van der Waals surface area contributed by atoms with Gasteiger partial charge in [0.2, 0.25) is 0 Å². The lowest BCUT2D eigenvalue weighted by atomic mass is 10.0. The molecule has 420 valence electrons. The van der Waals surface area contributed by atoms with Gasteiger partial charge in [-0.25, -0.2) is 0 Å². The highest BCUT2D eigenvalue weighted by atomic mass is 16.5. The fourth-order valence-electron chi connectivity index (χ4n) is 12.9. The number of anilines is 6. The molecule has 89 heavy (non-hydrogen) atoms. The first kappa shape index (κ1) is 52.6. The molecular weight excluding hydrogens is 1080 g/mol. The van der Waals surface area contributed by atoms with Gasteiger partial charge in [0.25, 0.3) is 0 Å². The van der Waals surface area contributed by atoms with Gasteiger partial charge in [0.1, 0.15) is 11.5 Å². The molecule has 0 fully saturated rings. The average molecular weight is 1140 g/mol. The molecule has 5 nitrogen and oxygen atoms in total. The van der Waals surface area contributed by atoms with Crippen LogP contribution in [0.4, 0.5) is 34.1 Å². The van der Waals surface area contributed by atoms with Crippen molar-refractivity contribution in [2.24, 2.45) is 0 Å². The maximum absolute atomic E-state index is 6.67. The van der Waals surface area contributed by atoms with Crippen molar-refractivity contribution in [1.82, 2.24) is 9.13 Å². The molecule has 14 aromatic carbocycles. The molecule has 0 unspecified atom stereocenters. The number of ether oxygens (including phenoxy) is 1. The standard InChI is InChI=1S/C84H58N4O/c1-7-21-59(22-8-1)63-37-49-81-77(53-63)78-54-64(60-23-9-2-10-24-60)38-50-82(78)87(81)73-35-19-33-71(57-73)85(67-29-15-5-16-30-67)69-41-45-75(46-42-69)89-76-47-43-70(44-48-76)86(68-31-17-6-18-32-68)72-34-20-36-74(58-72)88-83-51-39-65(61-25-11-3-12-26-61)55-79(83)80-56-66(40-52-84(80)88)62-27-13-4-14-28-62/h1-58H. The molecule has 5 heteroatoms. The smallest absolute Gasteiger partial charge is 0.127 e. The quantitative estimate of drug-likeness (QED) is 0.109. The second-order valence-electron chi connectivity index (χ2n) is 22.5.